The first kappa shape index (κ1) is 18.7. The molecule has 2 atom stereocenters. The van der Waals surface area contributed by atoms with E-state index >= 15 is 0 Å². The van der Waals surface area contributed by atoms with Gasteiger partial charge in [0.1, 0.15) is 6.61 Å². The Hall–Kier alpha value is -2.67. The van der Waals surface area contributed by atoms with Crippen molar-refractivity contribution in [3.8, 4) is 6.01 Å². The number of nitrogens with zero attached hydrogens (tertiary/aromatic N) is 3. The molecule has 2 unspecified atom stereocenters. The van der Waals surface area contributed by atoms with Crippen LogP contribution in [0.5, 0.6) is 6.01 Å². The van der Waals surface area contributed by atoms with Gasteiger partial charge in [0.15, 0.2) is 0 Å². The molecule has 7 nitrogen and oxygen atoms in total. The van der Waals surface area contributed by atoms with Crippen molar-refractivity contribution in [2.45, 2.75) is 56.9 Å². The van der Waals surface area contributed by atoms with E-state index in [1.165, 1.54) is 0 Å². The first-order chi connectivity index (χ1) is 13.6. The van der Waals surface area contributed by atoms with Gasteiger partial charge in [0, 0.05) is 42.9 Å². The third-order valence-corrected chi connectivity index (χ3v) is 5.62. The normalized spacial score (nSPS) is 26.1. The van der Waals surface area contributed by atoms with E-state index < -0.39 is 5.60 Å². The Morgan fingerprint density at radius 1 is 1.18 bits per heavy atom. The molecule has 0 saturated carbocycles. The number of carbonyl (C=O) groups is 1. The van der Waals surface area contributed by atoms with E-state index in [1.807, 2.05) is 42.2 Å². The summed E-state index contributed by atoms with van der Waals surface area (Å²) >= 11 is 0. The number of piperidine rings is 1. The van der Waals surface area contributed by atoms with Crippen LogP contribution in [0.2, 0.25) is 0 Å². The summed E-state index contributed by atoms with van der Waals surface area (Å²) in [5.41, 5.74) is 0.598. The molecule has 1 aromatic heterocycles. The molecule has 28 heavy (non-hydrogen) atoms. The van der Waals surface area contributed by atoms with Crippen LogP contribution in [-0.2, 0) is 16.9 Å². The monoisotopic (exact) mass is 383 g/mol. The highest BCUT2D eigenvalue weighted by Gasteiger charge is 2.50. The fraction of sp³-hybridized carbons (Fsp3) is 0.476. The first-order valence-corrected chi connectivity index (χ1v) is 9.76. The summed E-state index contributed by atoms with van der Waals surface area (Å²) in [5.74, 6) is 0. The molecule has 4 rings (SSSR count). The van der Waals surface area contributed by atoms with Crippen LogP contribution in [0, 0.1) is 0 Å². The lowest BCUT2D eigenvalue weighted by Gasteiger charge is -2.43. The van der Waals surface area contributed by atoms with E-state index in [0.29, 0.717) is 31.0 Å². The lowest BCUT2D eigenvalue weighted by molar-refractivity contribution is -0.0541. The minimum atomic E-state index is -1.03. The molecule has 7 heteroatoms. The van der Waals surface area contributed by atoms with Gasteiger partial charge in [-0.2, -0.15) is 0 Å². The summed E-state index contributed by atoms with van der Waals surface area (Å²) < 4.78 is 10.8. The van der Waals surface area contributed by atoms with Gasteiger partial charge in [-0.15, -0.1) is 0 Å². The molecular weight excluding hydrogens is 358 g/mol. The number of hydrogen-bond donors (Lipinski definition) is 1. The minimum absolute atomic E-state index is 0.0430. The topological polar surface area (TPSA) is 84.8 Å². The zero-order chi connectivity index (χ0) is 19.6. The van der Waals surface area contributed by atoms with Crippen LogP contribution in [0.1, 0.15) is 43.7 Å². The fourth-order valence-electron chi connectivity index (χ4n) is 4.31. The zero-order valence-corrected chi connectivity index (χ0v) is 16.0. The maximum atomic E-state index is 12.7. The largest absolute Gasteiger partial charge is 0.464 e. The summed E-state index contributed by atoms with van der Waals surface area (Å²) in [6, 6.07) is 9.86. The van der Waals surface area contributed by atoms with Crippen LogP contribution in [-0.4, -0.2) is 44.8 Å². The molecule has 2 aromatic rings. The summed E-state index contributed by atoms with van der Waals surface area (Å²) in [6.07, 6.45) is 5.60. The molecule has 1 aromatic carbocycles. The van der Waals surface area contributed by atoms with Crippen LogP contribution >= 0.6 is 0 Å². The highest BCUT2D eigenvalue weighted by Crippen LogP contribution is 2.45. The van der Waals surface area contributed by atoms with Gasteiger partial charge in [0.2, 0.25) is 0 Å². The fourth-order valence-corrected chi connectivity index (χ4v) is 4.31. The van der Waals surface area contributed by atoms with Gasteiger partial charge in [-0.25, -0.2) is 14.8 Å². The number of aliphatic hydroxyl groups is 1. The van der Waals surface area contributed by atoms with Crippen molar-refractivity contribution in [3.05, 3.63) is 53.9 Å². The summed E-state index contributed by atoms with van der Waals surface area (Å²) in [7, 11) is 0. The Morgan fingerprint density at radius 3 is 2.43 bits per heavy atom. The number of carbonyl (C=O) groups excluding carboxylic acids is 1. The van der Waals surface area contributed by atoms with Crippen LogP contribution in [0.25, 0.3) is 0 Å². The number of hydrogen-bond acceptors (Lipinski definition) is 6. The number of aromatic nitrogens is 2. The average Bonchev–Trinajstić information content (AvgIpc) is 3.00. The second kappa shape index (κ2) is 7.75. The number of rotatable bonds is 5. The molecule has 1 amide bonds. The van der Waals surface area contributed by atoms with Gasteiger partial charge in [0.25, 0.3) is 0 Å². The van der Waals surface area contributed by atoms with E-state index in [2.05, 4.69) is 9.97 Å². The van der Waals surface area contributed by atoms with Gasteiger partial charge >= 0.3 is 12.1 Å². The van der Waals surface area contributed by atoms with Crippen LogP contribution in [0.15, 0.2) is 42.7 Å². The second-order valence-corrected chi connectivity index (χ2v) is 7.46. The highest BCUT2D eigenvalue weighted by molar-refractivity contribution is 5.69. The lowest BCUT2D eigenvalue weighted by atomic mass is 9.82. The van der Waals surface area contributed by atoms with Crippen molar-refractivity contribution in [3.63, 3.8) is 0 Å². The first-order valence-electron chi connectivity index (χ1n) is 9.76. The van der Waals surface area contributed by atoms with Gasteiger partial charge in [0.05, 0.1) is 12.2 Å². The van der Waals surface area contributed by atoms with E-state index in [1.54, 1.807) is 12.4 Å². The molecular formula is C21H25N3O4. The van der Waals surface area contributed by atoms with Crippen LogP contribution in [0.3, 0.4) is 0 Å². The van der Waals surface area contributed by atoms with Gasteiger partial charge in [-0.05, 0) is 25.3 Å². The highest BCUT2D eigenvalue weighted by atomic mass is 16.6. The molecule has 0 radical (unpaired) electrons. The zero-order valence-electron chi connectivity index (χ0n) is 16.0. The Morgan fingerprint density at radius 2 is 1.82 bits per heavy atom. The molecule has 2 aliphatic heterocycles. The summed E-state index contributed by atoms with van der Waals surface area (Å²) in [5, 5.41) is 11.3. The third-order valence-electron chi connectivity index (χ3n) is 5.62. The number of amides is 1. The molecule has 3 heterocycles. The molecule has 2 saturated heterocycles. The van der Waals surface area contributed by atoms with Crippen molar-refractivity contribution in [1.29, 1.82) is 0 Å². The molecule has 1 N–H and O–H groups in total. The molecule has 2 bridgehead atoms. The number of benzene rings is 1. The van der Waals surface area contributed by atoms with Crippen molar-refractivity contribution in [2.24, 2.45) is 0 Å². The standard InChI is InChI=1S/C21H25N3O4/c1-2-27-19-22-12-16(13-23-19)21(26)10-17-8-9-18(11-21)24(17)20(25)28-14-15-6-4-3-5-7-15/h3-7,12-13,17-18,26H,2,8-11,14H2,1H3. The Kier molecular flexibility index (Phi) is 5.17. The SMILES string of the molecule is CCOc1ncc(C2(O)CC3CCC(C2)N3C(=O)OCc2ccccc2)cn1. The van der Waals surface area contributed by atoms with E-state index in [9.17, 15) is 9.90 Å². The lowest BCUT2D eigenvalue weighted by Crippen LogP contribution is -2.52. The molecule has 148 valence electrons. The maximum absolute atomic E-state index is 12.7. The quantitative estimate of drug-likeness (QED) is 0.854. The van der Waals surface area contributed by atoms with Crippen LogP contribution in [0.4, 0.5) is 4.79 Å². The van der Waals surface area contributed by atoms with Crippen molar-refractivity contribution >= 4 is 6.09 Å². The molecule has 2 fully saturated rings. The van der Waals surface area contributed by atoms with Crippen molar-refractivity contribution < 1.29 is 19.4 Å². The van der Waals surface area contributed by atoms with E-state index in [-0.39, 0.29) is 24.8 Å². The predicted molar refractivity (Wildman–Crippen MR) is 102 cm³/mol. The smallest absolute Gasteiger partial charge is 0.410 e. The van der Waals surface area contributed by atoms with Gasteiger partial charge in [-0.3, -0.25) is 0 Å². The molecule has 2 aliphatic rings. The van der Waals surface area contributed by atoms with Gasteiger partial charge < -0.3 is 19.5 Å². The molecule has 0 spiro atoms. The summed E-state index contributed by atoms with van der Waals surface area (Å²) in [6.45, 7) is 2.62. The number of fused-ring (bicyclic) bond motifs is 2. The third kappa shape index (κ3) is 3.67. The van der Waals surface area contributed by atoms with Crippen molar-refractivity contribution in [1.82, 2.24) is 14.9 Å². The predicted octanol–water partition coefficient (Wildman–Crippen LogP) is 3.03. The number of ether oxygens (including phenoxy) is 2. The Balaban J connectivity index is 1.42. The Labute approximate surface area is 164 Å². The maximum Gasteiger partial charge on any atom is 0.410 e. The van der Waals surface area contributed by atoms with E-state index in [0.717, 1.165) is 18.4 Å². The van der Waals surface area contributed by atoms with Gasteiger partial charge in [-0.1, -0.05) is 30.3 Å². The van der Waals surface area contributed by atoms with Crippen LogP contribution < -0.4 is 4.74 Å². The van der Waals surface area contributed by atoms with Crippen molar-refractivity contribution in [2.75, 3.05) is 6.61 Å². The van der Waals surface area contributed by atoms with E-state index in [4.69, 9.17) is 9.47 Å². The Bertz CT molecular complexity index is 798. The summed E-state index contributed by atoms with van der Waals surface area (Å²) in [4.78, 5) is 22.8. The minimum Gasteiger partial charge on any atom is -0.464 e. The molecule has 0 aliphatic carbocycles. The average molecular weight is 383 g/mol. The second-order valence-electron chi connectivity index (χ2n) is 7.46.